The zero-order valence-electron chi connectivity index (χ0n) is 16.6. The van der Waals surface area contributed by atoms with Gasteiger partial charge in [0.15, 0.2) is 0 Å². The first-order valence-corrected chi connectivity index (χ1v) is 11.1. The smallest absolute Gasteiger partial charge is 0.255 e. The molecule has 2 amide bonds. The quantitative estimate of drug-likeness (QED) is 0.678. The predicted molar refractivity (Wildman–Crippen MR) is 120 cm³/mol. The number of halogens is 1. The fourth-order valence-corrected chi connectivity index (χ4v) is 4.04. The van der Waals surface area contributed by atoms with Crippen molar-refractivity contribution >= 4 is 39.1 Å². The molecule has 0 radical (unpaired) electrons. The highest BCUT2D eigenvalue weighted by atomic mass is 79.9. The Kier molecular flexibility index (Phi) is 5.90. The second kappa shape index (κ2) is 8.57. The summed E-state index contributed by atoms with van der Waals surface area (Å²) in [6.45, 7) is 4.18. The van der Waals surface area contributed by atoms with Crippen molar-refractivity contribution in [1.82, 2.24) is 5.32 Å². The maximum atomic E-state index is 12.9. The van der Waals surface area contributed by atoms with Crippen molar-refractivity contribution in [1.29, 1.82) is 0 Å². The van der Waals surface area contributed by atoms with E-state index in [1.807, 2.05) is 24.3 Å². The van der Waals surface area contributed by atoms with E-state index in [2.05, 4.69) is 38.4 Å². The van der Waals surface area contributed by atoms with E-state index in [1.54, 1.807) is 18.2 Å². The maximum Gasteiger partial charge on any atom is 0.255 e. The minimum absolute atomic E-state index is 0.0559. The van der Waals surface area contributed by atoms with E-state index in [0.29, 0.717) is 16.8 Å². The van der Waals surface area contributed by atoms with Gasteiger partial charge in [-0.15, -0.1) is 0 Å². The van der Waals surface area contributed by atoms with Gasteiger partial charge >= 0.3 is 0 Å². The second-order valence-corrected chi connectivity index (χ2v) is 9.03. The summed E-state index contributed by atoms with van der Waals surface area (Å²) in [5.41, 5.74) is 2.79. The molecule has 2 aliphatic rings. The average molecular weight is 456 g/mol. The lowest BCUT2D eigenvalue weighted by Gasteiger charge is -2.33. The minimum Gasteiger partial charge on any atom is -0.371 e. The zero-order valence-corrected chi connectivity index (χ0v) is 18.2. The first-order valence-electron chi connectivity index (χ1n) is 10.3. The Morgan fingerprint density at radius 3 is 2.45 bits per heavy atom. The third kappa shape index (κ3) is 4.99. The highest BCUT2D eigenvalue weighted by Gasteiger charge is 2.27. The summed E-state index contributed by atoms with van der Waals surface area (Å²) in [5.74, 6) is 0.470. The number of hydrogen-bond donors (Lipinski definition) is 2. The predicted octanol–water partition coefficient (Wildman–Crippen LogP) is 4.83. The molecule has 4 rings (SSSR count). The van der Waals surface area contributed by atoms with Crippen molar-refractivity contribution in [2.45, 2.75) is 38.6 Å². The minimum atomic E-state index is -0.195. The molecule has 2 aromatic carbocycles. The number of carbonyl (C=O) groups is 2. The van der Waals surface area contributed by atoms with Gasteiger partial charge in [0, 0.05) is 40.5 Å². The molecule has 1 saturated heterocycles. The van der Waals surface area contributed by atoms with Crippen LogP contribution in [0, 0.1) is 5.92 Å². The van der Waals surface area contributed by atoms with Crippen LogP contribution in [-0.4, -0.2) is 30.9 Å². The molecule has 2 aromatic rings. The number of nitrogens with zero attached hydrogens (tertiary/aromatic N) is 1. The van der Waals surface area contributed by atoms with Gasteiger partial charge in [0.25, 0.3) is 11.8 Å². The van der Waals surface area contributed by atoms with E-state index in [-0.39, 0.29) is 17.9 Å². The van der Waals surface area contributed by atoms with Crippen molar-refractivity contribution < 1.29 is 9.59 Å². The lowest BCUT2D eigenvalue weighted by molar-refractivity contribution is 0.0950. The van der Waals surface area contributed by atoms with Crippen LogP contribution in [-0.2, 0) is 0 Å². The molecular formula is C23H26BrN3O2. The largest absolute Gasteiger partial charge is 0.371 e. The highest BCUT2D eigenvalue weighted by molar-refractivity contribution is 9.10. The van der Waals surface area contributed by atoms with Gasteiger partial charge in [0.2, 0.25) is 0 Å². The van der Waals surface area contributed by atoms with E-state index in [4.69, 9.17) is 0 Å². The summed E-state index contributed by atoms with van der Waals surface area (Å²) in [7, 11) is 0. The molecule has 0 bridgehead atoms. The first kappa shape index (κ1) is 20.0. The van der Waals surface area contributed by atoms with Crippen LogP contribution in [0.1, 0.15) is 53.3 Å². The molecule has 0 unspecified atom stereocenters. The molecule has 152 valence electrons. The molecule has 0 aromatic heterocycles. The molecule has 6 heteroatoms. The zero-order chi connectivity index (χ0) is 20.4. The molecule has 29 heavy (non-hydrogen) atoms. The summed E-state index contributed by atoms with van der Waals surface area (Å²) >= 11 is 3.39. The van der Waals surface area contributed by atoms with Crippen LogP contribution in [0.3, 0.4) is 0 Å². The van der Waals surface area contributed by atoms with Gasteiger partial charge in [-0.1, -0.05) is 28.9 Å². The molecule has 0 spiro atoms. The van der Waals surface area contributed by atoms with Crippen molar-refractivity contribution in [3.63, 3.8) is 0 Å². The molecule has 0 atom stereocenters. The van der Waals surface area contributed by atoms with Crippen molar-refractivity contribution in [3.05, 3.63) is 58.1 Å². The van der Waals surface area contributed by atoms with Gasteiger partial charge in [-0.3, -0.25) is 9.59 Å². The van der Waals surface area contributed by atoms with Crippen LogP contribution in [0.2, 0.25) is 0 Å². The fraction of sp³-hybridized carbons (Fsp3) is 0.391. The van der Waals surface area contributed by atoms with Gasteiger partial charge in [-0.2, -0.15) is 0 Å². The molecule has 1 saturated carbocycles. The van der Waals surface area contributed by atoms with Gasteiger partial charge in [0.1, 0.15) is 0 Å². The molecule has 5 nitrogen and oxygen atoms in total. The highest BCUT2D eigenvalue weighted by Crippen LogP contribution is 2.30. The van der Waals surface area contributed by atoms with Crippen LogP contribution < -0.4 is 15.5 Å². The summed E-state index contributed by atoms with van der Waals surface area (Å²) in [4.78, 5) is 27.8. The molecule has 1 heterocycles. The number of carbonyl (C=O) groups excluding carboxylic acids is 2. The van der Waals surface area contributed by atoms with Gasteiger partial charge in [-0.25, -0.2) is 0 Å². The van der Waals surface area contributed by atoms with Crippen LogP contribution >= 0.6 is 15.9 Å². The third-order valence-corrected chi connectivity index (χ3v) is 6.12. The van der Waals surface area contributed by atoms with Crippen LogP contribution in [0.5, 0.6) is 0 Å². The number of rotatable bonds is 5. The normalized spacial score (nSPS) is 17.1. The van der Waals surface area contributed by atoms with Crippen LogP contribution in [0.15, 0.2) is 46.9 Å². The van der Waals surface area contributed by atoms with E-state index in [0.717, 1.165) is 54.9 Å². The number of benzene rings is 2. The average Bonchev–Trinajstić information content (AvgIpc) is 3.52. The van der Waals surface area contributed by atoms with Crippen molar-refractivity contribution in [3.8, 4) is 0 Å². The number of anilines is 2. The third-order valence-electron chi connectivity index (χ3n) is 5.62. The lowest BCUT2D eigenvalue weighted by Crippen LogP contribution is -2.35. The summed E-state index contributed by atoms with van der Waals surface area (Å²) < 4.78 is 0.851. The summed E-state index contributed by atoms with van der Waals surface area (Å²) in [6.07, 6.45) is 4.35. The fourth-order valence-electron chi connectivity index (χ4n) is 3.64. The molecule has 1 aliphatic carbocycles. The monoisotopic (exact) mass is 455 g/mol. The van der Waals surface area contributed by atoms with E-state index >= 15 is 0 Å². The Hall–Kier alpha value is -2.34. The number of amides is 2. The topological polar surface area (TPSA) is 61.4 Å². The summed E-state index contributed by atoms with van der Waals surface area (Å²) in [6, 6.07) is 13.2. The van der Waals surface area contributed by atoms with E-state index in [1.165, 1.54) is 0 Å². The Morgan fingerprint density at radius 1 is 1.00 bits per heavy atom. The Balaban J connectivity index is 1.58. The SMILES string of the molecule is CC1CCN(c2ccc(NC(=O)c3cccc(Br)c3)cc2C(=O)NC2CC2)CC1. The van der Waals surface area contributed by atoms with E-state index in [9.17, 15) is 9.59 Å². The summed E-state index contributed by atoms with van der Waals surface area (Å²) in [5, 5.41) is 6.02. The number of piperidine rings is 1. The molecule has 2 fully saturated rings. The van der Waals surface area contributed by atoms with Crippen molar-refractivity contribution in [2.24, 2.45) is 5.92 Å². The second-order valence-electron chi connectivity index (χ2n) is 8.11. The number of hydrogen-bond acceptors (Lipinski definition) is 3. The number of nitrogens with one attached hydrogen (secondary N) is 2. The first-order chi connectivity index (χ1) is 14.0. The van der Waals surface area contributed by atoms with E-state index < -0.39 is 0 Å². The van der Waals surface area contributed by atoms with Crippen molar-refractivity contribution in [2.75, 3.05) is 23.3 Å². The Labute approximate surface area is 180 Å². The standard InChI is InChI=1S/C23H26BrN3O2/c1-15-9-11-27(12-10-15)21-8-7-19(14-20(21)23(29)25-18-5-6-18)26-22(28)16-3-2-4-17(24)13-16/h2-4,7-8,13-15,18H,5-6,9-12H2,1H3,(H,25,29)(H,26,28). The Morgan fingerprint density at radius 2 is 1.76 bits per heavy atom. The van der Waals surface area contributed by atoms with Gasteiger partial charge in [0.05, 0.1) is 5.56 Å². The lowest BCUT2D eigenvalue weighted by atomic mass is 9.97. The maximum absolute atomic E-state index is 12.9. The van der Waals surface area contributed by atoms with Gasteiger partial charge in [-0.05, 0) is 68.0 Å². The molecule has 1 aliphatic heterocycles. The van der Waals surface area contributed by atoms with Gasteiger partial charge < -0.3 is 15.5 Å². The van der Waals surface area contributed by atoms with Crippen LogP contribution in [0.4, 0.5) is 11.4 Å². The van der Waals surface area contributed by atoms with Crippen LogP contribution in [0.25, 0.3) is 0 Å². The Bertz CT molecular complexity index is 918. The molecule has 2 N–H and O–H groups in total. The molecular weight excluding hydrogens is 430 g/mol.